The summed E-state index contributed by atoms with van der Waals surface area (Å²) in [5.41, 5.74) is 0.674. The van der Waals surface area contributed by atoms with Crippen LogP contribution in [0, 0.1) is 0 Å². The fourth-order valence-corrected chi connectivity index (χ4v) is 4.40. The molecule has 2 aliphatic heterocycles. The normalized spacial score (nSPS) is 22.2. The van der Waals surface area contributed by atoms with E-state index in [1.807, 2.05) is 0 Å². The molecule has 2 bridgehead atoms. The van der Waals surface area contributed by atoms with E-state index in [1.54, 1.807) is 31.4 Å². The van der Waals surface area contributed by atoms with Crippen LogP contribution in [0.2, 0.25) is 0 Å². The molecule has 0 spiro atoms. The molecule has 1 aromatic carbocycles. The number of anilines is 1. The monoisotopic (exact) mass is 387 g/mol. The average molecular weight is 387 g/mol. The minimum absolute atomic E-state index is 0.115. The predicted molar refractivity (Wildman–Crippen MR) is 101 cm³/mol. The number of aromatic nitrogens is 2. The van der Waals surface area contributed by atoms with E-state index in [4.69, 9.17) is 4.74 Å². The maximum Gasteiger partial charge on any atom is 0.286 e. The van der Waals surface area contributed by atoms with Gasteiger partial charge in [0.05, 0.1) is 13.7 Å². The number of carbonyl (C=O) groups is 2. The van der Waals surface area contributed by atoms with Crippen LogP contribution in [-0.4, -0.2) is 52.6 Å². The summed E-state index contributed by atoms with van der Waals surface area (Å²) in [7, 11) is 1.60. The van der Waals surface area contributed by atoms with Gasteiger partial charge in [0.2, 0.25) is 10.9 Å². The first-order valence-corrected chi connectivity index (χ1v) is 9.74. The van der Waals surface area contributed by atoms with Gasteiger partial charge in [-0.1, -0.05) is 11.3 Å². The van der Waals surface area contributed by atoms with Crippen molar-refractivity contribution in [2.24, 2.45) is 0 Å². The number of rotatable bonds is 5. The Morgan fingerprint density at radius 3 is 2.85 bits per heavy atom. The summed E-state index contributed by atoms with van der Waals surface area (Å²) in [5, 5.41) is 15.1. The second kappa shape index (κ2) is 7.61. The highest BCUT2D eigenvalue weighted by Crippen LogP contribution is 2.30. The van der Waals surface area contributed by atoms with E-state index in [0.29, 0.717) is 36.2 Å². The Labute approximate surface area is 160 Å². The van der Waals surface area contributed by atoms with E-state index in [2.05, 4.69) is 25.7 Å². The summed E-state index contributed by atoms with van der Waals surface area (Å²) in [6, 6.07) is 7.70. The molecule has 8 nitrogen and oxygen atoms in total. The Bertz CT molecular complexity index is 838. The molecule has 2 aliphatic rings. The van der Waals surface area contributed by atoms with Crippen LogP contribution in [0.3, 0.4) is 0 Å². The molecule has 1 aromatic heterocycles. The number of benzene rings is 1. The summed E-state index contributed by atoms with van der Waals surface area (Å²) in [6.07, 6.45) is 2.64. The van der Waals surface area contributed by atoms with Crippen LogP contribution in [0.5, 0.6) is 5.75 Å². The SMILES string of the molecule is COc1ccc(NC(=O)c2nnc(CN3C4CCC3CC(=O)NC4)s2)cc1. The lowest BCUT2D eigenvalue weighted by atomic mass is 10.1. The number of hydrogen-bond donors (Lipinski definition) is 2. The van der Waals surface area contributed by atoms with Crippen LogP contribution < -0.4 is 15.4 Å². The number of nitrogens with zero attached hydrogens (tertiary/aromatic N) is 3. The van der Waals surface area contributed by atoms with Crippen LogP contribution in [0.4, 0.5) is 5.69 Å². The molecule has 3 heterocycles. The molecule has 142 valence electrons. The van der Waals surface area contributed by atoms with Gasteiger partial charge in [0.1, 0.15) is 10.8 Å². The highest BCUT2D eigenvalue weighted by Gasteiger charge is 2.37. The number of ether oxygens (including phenoxy) is 1. The molecule has 0 radical (unpaired) electrons. The van der Waals surface area contributed by atoms with Crippen molar-refractivity contribution in [1.82, 2.24) is 20.4 Å². The van der Waals surface area contributed by atoms with Crippen molar-refractivity contribution >= 4 is 28.8 Å². The smallest absolute Gasteiger partial charge is 0.286 e. The molecule has 2 unspecified atom stereocenters. The van der Waals surface area contributed by atoms with Crippen LogP contribution in [0.1, 0.15) is 34.1 Å². The Hall–Kier alpha value is -2.52. The topological polar surface area (TPSA) is 96.4 Å². The zero-order valence-electron chi connectivity index (χ0n) is 15.0. The molecule has 27 heavy (non-hydrogen) atoms. The Kier molecular flexibility index (Phi) is 5.04. The largest absolute Gasteiger partial charge is 0.497 e. The molecule has 2 saturated heterocycles. The number of carbonyl (C=O) groups excluding carboxylic acids is 2. The Balaban J connectivity index is 1.40. The molecule has 2 fully saturated rings. The molecule has 4 rings (SSSR count). The summed E-state index contributed by atoms with van der Waals surface area (Å²) < 4.78 is 5.11. The Morgan fingerprint density at radius 2 is 2.07 bits per heavy atom. The van der Waals surface area contributed by atoms with Crippen LogP contribution in [0.15, 0.2) is 24.3 Å². The van der Waals surface area contributed by atoms with Crippen LogP contribution in [-0.2, 0) is 11.3 Å². The summed E-state index contributed by atoms with van der Waals surface area (Å²) in [6.45, 7) is 1.30. The first-order valence-electron chi connectivity index (χ1n) is 8.92. The quantitative estimate of drug-likeness (QED) is 0.810. The van der Waals surface area contributed by atoms with Crippen LogP contribution >= 0.6 is 11.3 Å². The second-order valence-electron chi connectivity index (χ2n) is 6.75. The zero-order chi connectivity index (χ0) is 18.8. The van der Waals surface area contributed by atoms with E-state index in [1.165, 1.54) is 11.3 Å². The number of hydrogen-bond acceptors (Lipinski definition) is 7. The van der Waals surface area contributed by atoms with Gasteiger partial charge in [0, 0.05) is 30.7 Å². The Morgan fingerprint density at radius 1 is 1.30 bits per heavy atom. The fourth-order valence-electron chi connectivity index (χ4n) is 3.65. The molecule has 2 amide bonds. The number of nitrogens with one attached hydrogen (secondary N) is 2. The van der Waals surface area contributed by atoms with Crippen molar-refractivity contribution in [2.75, 3.05) is 19.0 Å². The van der Waals surface area contributed by atoms with Crippen molar-refractivity contribution in [3.05, 3.63) is 34.3 Å². The number of fused-ring (bicyclic) bond motifs is 2. The summed E-state index contributed by atoms with van der Waals surface area (Å²) >= 11 is 1.30. The lowest BCUT2D eigenvalue weighted by Gasteiger charge is -2.25. The minimum Gasteiger partial charge on any atom is -0.497 e. The standard InChI is InChI=1S/C18H21N5O3S/c1-26-14-6-2-11(3-7-14)20-17(25)18-22-21-16(27-18)10-23-12-4-5-13(23)9-19-15(24)8-12/h2-3,6-7,12-13H,4-5,8-10H2,1H3,(H,19,24)(H,20,25). The molecule has 2 aromatic rings. The lowest BCUT2D eigenvalue weighted by molar-refractivity contribution is -0.121. The highest BCUT2D eigenvalue weighted by atomic mass is 32.1. The molecule has 0 saturated carbocycles. The van der Waals surface area contributed by atoms with Gasteiger partial charge in [-0.3, -0.25) is 14.5 Å². The van der Waals surface area contributed by atoms with Gasteiger partial charge in [-0.2, -0.15) is 0 Å². The van der Waals surface area contributed by atoms with Gasteiger partial charge in [-0.05, 0) is 37.1 Å². The average Bonchev–Trinajstić information content (AvgIpc) is 3.24. The summed E-state index contributed by atoms with van der Waals surface area (Å²) in [5.74, 6) is 0.565. The maximum atomic E-state index is 12.4. The zero-order valence-corrected chi connectivity index (χ0v) is 15.8. The molecular formula is C18H21N5O3S. The van der Waals surface area contributed by atoms with Gasteiger partial charge >= 0.3 is 0 Å². The minimum atomic E-state index is -0.278. The van der Waals surface area contributed by atoms with Crippen LogP contribution in [0.25, 0.3) is 0 Å². The van der Waals surface area contributed by atoms with E-state index in [9.17, 15) is 9.59 Å². The third-order valence-electron chi connectivity index (χ3n) is 5.05. The van der Waals surface area contributed by atoms with Gasteiger partial charge < -0.3 is 15.4 Å². The predicted octanol–water partition coefficient (Wildman–Crippen LogP) is 1.65. The van der Waals surface area contributed by atoms with Crippen molar-refractivity contribution in [2.45, 2.75) is 37.9 Å². The second-order valence-corrected chi connectivity index (χ2v) is 7.81. The van der Waals surface area contributed by atoms with Gasteiger partial charge in [-0.25, -0.2) is 0 Å². The van der Waals surface area contributed by atoms with Gasteiger partial charge in [0.25, 0.3) is 5.91 Å². The lowest BCUT2D eigenvalue weighted by Crippen LogP contribution is -2.37. The van der Waals surface area contributed by atoms with Crippen molar-refractivity contribution in [3.63, 3.8) is 0 Å². The van der Waals surface area contributed by atoms with E-state index >= 15 is 0 Å². The highest BCUT2D eigenvalue weighted by molar-refractivity contribution is 7.13. The van der Waals surface area contributed by atoms with Crippen molar-refractivity contribution in [1.29, 1.82) is 0 Å². The van der Waals surface area contributed by atoms with E-state index < -0.39 is 0 Å². The molecule has 0 aliphatic carbocycles. The molecule has 9 heteroatoms. The maximum absolute atomic E-state index is 12.4. The fraction of sp³-hybridized carbons (Fsp3) is 0.444. The van der Waals surface area contributed by atoms with Crippen molar-refractivity contribution < 1.29 is 14.3 Å². The third-order valence-corrected chi connectivity index (χ3v) is 5.96. The molecule has 2 atom stereocenters. The summed E-state index contributed by atoms with van der Waals surface area (Å²) in [4.78, 5) is 26.5. The number of amides is 2. The third kappa shape index (κ3) is 3.93. The first-order chi connectivity index (χ1) is 13.1. The van der Waals surface area contributed by atoms with E-state index in [-0.39, 0.29) is 17.9 Å². The van der Waals surface area contributed by atoms with Gasteiger partial charge in [0.15, 0.2) is 0 Å². The first kappa shape index (κ1) is 17.9. The van der Waals surface area contributed by atoms with Gasteiger partial charge in [-0.15, -0.1) is 10.2 Å². The number of methoxy groups -OCH3 is 1. The van der Waals surface area contributed by atoms with E-state index in [0.717, 1.165) is 23.6 Å². The molecule has 2 N–H and O–H groups in total. The van der Waals surface area contributed by atoms with Crippen molar-refractivity contribution in [3.8, 4) is 5.75 Å². The molecular weight excluding hydrogens is 366 g/mol.